The van der Waals surface area contributed by atoms with Gasteiger partial charge in [0, 0.05) is 24.3 Å². The summed E-state index contributed by atoms with van der Waals surface area (Å²) in [6.45, 7) is 0. The highest BCUT2D eigenvalue weighted by molar-refractivity contribution is 5.78. The number of pyridine rings is 2. The highest BCUT2D eigenvalue weighted by atomic mass is 79.9. The number of halogens is 2. The summed E-state index contributed by atoms with van der Waals surface area (Å²) in [5.74, 6) is 0. The number of benzene rings is 2. The molecule has 0 bridgehead atoms. The van der Waals surface area contributed by atoms with Gasteiger partial charge in [-0.2, -0.15) is 0 Å². The minimum Gasteiger partial charge on any atom is -1.00 e. The highest BCUT2D eigenvalue weighted by Crippen LogP contribution is 2.28. The van der Waals surface area contributed by atoms with Crippen molar-refractivity contribution in [2.24, 2.45) is 0 Å². The molecule has 0 aliphatic heterocycles. The minimum absolute atomic E-state index is 0. The monoisotopic (exact) mass is 492 g/mol. The first-order valence-electron chi connectivity index (χ1n) is 8.81. The fourth-order valence-corrected chi connectivity index (χ4v) is 3.67. The maximum absolute atomic E-state index is 2.30. The molecule has 2 nitrogen and oxygen atoms in total. The van der Waals surface area contributed by atoms with Gasteiger partial charge in [-0.1, -0.05) is 36.4 Å². The second kappa shape index (κ2) is 8.63. The van der Waals surface area contributed by atoms with Crippen LogP contribution in [-0.2, 0) is 0 Å². The molecule has 0 saturated carbocycles. The van der Waals surface area contributed by atoms with E-state index in [0.717, 1.165) is 0 Å². The number of hydrogen-bond donors (Lipinski definition) is 0. The zero-order valence-electron chi connectivity index (χ0n) is 15.0. The van der Waals surface area contributed by atoms with Crippen LogP contribution in [0.5, 0.6) is 0 Å². The van der Waals surface area contributed by atoms with Crippen LogP contribution in [-0.4, -0.2) is 0 Å². The normalized spacial score (nSPS) is 10.3. The molecule has 3 aromatic heterocycles. The van der Waals surface area contributed by atoms with Crippen molar-refractivity contribution in [3.05, 3.63) is 109 Å². The molecule has 4 heteroatoms. The second-order valence-corrected chi connectivity index (χ2v) is 6.34. The van der Waals surface area contributed by atoms with Crippen molar-refractivity contribution in [2.45, 2.75) is 0 Å². The fraction of sp³-hybridized carbons (Fsp3) is 0. The molecular weight excluding hydrogens is 476 g/mol. The Kier molecular flexibility index (Phi) is 6.22. The highest BCUT2D eigenvalue weighted by Gasteiger charge is 2.30. The maximum atomic E-state index is 2.30. The van der Waals surface area contributed by atoms with Crippen LogP contribution in [0, 0.1) is 0 Å². The summed E-state index contributed by atoms with van der Waals surface area (Å²) in [7, 11) is 0. The second-order valence-electron chi connectivity index (χ2n) is 6.34. The summed E-state index contributed by atoms with van der Waals surface area (Å²) in [5.41, 5.74) is 7.15. The van der Waals surface area contributed by atoms with Crippen molar-refractivity contribution >= 4 is 11.0 Å². The zero-order chi connectivity index (χ0) is 17.3. The third kappa shape index (κ3) is 3.34. The minimum atomic E-state index is 0. The first kappa shape index (κ1) is 20.2. The van der Waals surface area contributed by atoms with Gasteiger partial charge >= 0.3 is 0 Å². The average Bonchev–Trinajstić information content (AvgIpc) is 2.74. The van der Waals surface area contributed by atoms with Gasteiger partial charge in [-0.25, -0.2) is 0 Å². The van der Waals surface area contributed by atoms with E-state index in [-0.39, 0.29) is 34.0 Å². The third-order valence-electron chi connectivity index (χ3n) is 4.78. The number of nitrogens with zero attached hydrogens (tertiary/aromatic N) is 2. The van der Waals surface area contributed by atoms with Crippen LogP contribution in [0.3, 0.4) is 0 Å². The lowest BCUT2D eigenvalue weighted by molar-refractivity contribution is -0.547. The van der Waals surface area contributed by atoms with E-state index < -0.39 is 0 Å². The van der Waals surface area contributed by atoms with Gasteiger partial charge < -0.3 is 34.0 Å². The first-order chi connectivity index (χ1) is 12.9. The van der Waals surface area contributed by atoms with Crippen LogP contribution in [0.1, 0.15) is 0 Å². The van der Waals surface area contributed by atoms with Crippen molar-refractivity contribution in [2.75, 3.05) is 0 Å². The van der Waals surface area contributed by atoms with Crippen molar-refractivity contribution in [1.29, 1.82) is 0 Å². The van der Waals surface area contributed by atoms with Crippen molar-refractivity contribution < 1.29 is 42.8 Å². The van der Waals surface area contributed by atoms with Gasteiger partial charge in [-0.15, -0.1) is 8.80 Å². The SMILES string of the molecule is [Br-].[Br-].c1ccc(-c2c(-c3ccccc3)[n+]3ccccc3c3cccc[n+]23)cc1. The number of aromatic nitrogens is 2. The smallest absolute Gasteiger partial charge is 0.291 e. The van der Waals surface area contributed by atoms with Crippen LogP contribution in [0.4, 0.5) is 0 Å². The number of fused-ring (bicyclic) bond motifs is 3. The van der Waals surface area contributed by atoms with Gasteiger partial charge in [0.15, 0.2) is 12.4 Å². The first-order valence-corrected chi connectivity index (χ1v) is 8.81. The van der Waals surface area contributed by atoms with E-state index in [1.54, 1.807) is 0 Å². The standard InChI is InChI=1S/C24H18N2.2BrH/c1-3-11-19(12-4-1)23-24(20-13-5-2-6-14-20)26-18-10-8-16-22(26)21-15-7-9-17-25(21)23;;/h1-18H;2*1H/q+2;;/p-2. The van der Waals surface area contributed by atoms with Crippen molar-refractivity contribution in [3.63, 3.8) is 0 Å². The molecule has 138 valence electrons. The molecule has 0 spiro atoms. The molecular formula is C24H18Br2N2. The molecule has 5 rings (SSSR count). The molecule has 0 radical (unpaired) electrons. The molecule has 0 fully saturated rings. The van der Waals surface area contributed by atoms with Crippen molar-refractivity contribution in [3.8, 4) is 22.5 Å². The summed E-state index contributed by atoms with van der Waals surface area (Å²) in [6.07, 6.45) is 4.30. The number of hydrogen-bond acceptors (Lipinski definition) is 0. The molecule has 0 atom stereocenters. The largest absolute Gasteiger partial charge is 1.00 e. The van der Waals surface area contributed by atoms with Crippen LogP contribution in [0.25, 0.3) is 33.5 Å². The summed E-state index contributed by atoms with van der Waals surface area (Å²) < 4.78 is 4.60. The predicted octanol–water partition coefficient (Wildman–Crippen LogP) is -1.49. The lowest BCUT2D eigenvalue weighted by atomic mass is 10.0. The molecule has 0 unspecified atom stereocenters. The lowest BCUT2D eigenvalue weighted by Gasteiger charge is -2.06. The Hall–Kier alpha value is -2.56. The van der Waals surface area contributed by atoms with E-state index in [9.17, 15) is 0 Å². The maximum Gasteiger partial charge on any atom is 0.291 e. The molecule has 5 aromatic rings. The van der Waals surface area contributed by atoms with Gasteiger partial charge in [0.05, 0.1) is 11.1 Å². The molecule has 0 saturated heterocycles. The fourth-order valence-electron chi connectivity index (χ4n) is 3.67. The lowest BCUT2D eigenvalue weighted by Crippen LogP contribution is -3.00. The Morgan fingerprint density at radius 2 is 0.750 bits per heavy atom. The van der Waals surface area contributed by atoms with E-state index in [0.29, 0.717) is 0 Å². The summed E-state index contributed by atoms with van der Waals surface area (Å²) in [6, 6.07) is 33.9. The van der Waals surface area contributed by atoms with E-state index in [1.807, 2.05) is 0 Å². The van der Waals surface area contributed by atoms with E-state index in [1.165, 1.54) is 33.5 Å². The topological polar surface area (TPSA) is 8.20 Å². The predicted molar refractivity (Wildman–Crippen MR) is 104 cm³/mol. The Morgan fingerprint density at radius 1 is 0.393 bits per heavy atom. The molecule has 0 amide bonds. The molecule has 0 N–H and O–H groups in total. The molecule has 0 aliphatic rings. The van der Waals surface area contributed by atoms with Gasteiger partial charge in [0.2, 0.25) is 0 Å². The molecule has 3 heterocycles. The summed E-state index contributed by atoms with van der Waals surface area (Å²) >= 11 is 0. The molecule has 0 aliphatic carbocycles. The van der Waals surface area contributed by atoms with Gasteiger partial charge in [-0.05, 0) is 36.4 Å². The Labute approximate surface area is 185 Å². The van der Waals surface area contributed by atoms with Gasteiger partial charge in [-0.3, -0.25) is 0 Å². The van der Waals surface area contributed by atoms with E-state index in [2.05, 4.69) is 118 Å². The number of rotatable bonds is 2. The van der Waals surface area contributed by atoms with E-state index >= 15 is 0 Å². The van der Waals surface area contributed by atoms with Crippen LogP contribution < -0.4 is 42.8 Å². The van der Waals surface area contributed by atoms with Gasteiger partial charge in [0.25, 0.3) is 22.4 Å². The molecule has 28 heavy (non-hydrogen) atoms. The third-order valence-corrected chi connectivity index (χ3v) is 4.78. The Morgan fingerprint density at radius 3 is 1.14 bits per heavy atom. The van der Waals surface area contributed by atoms with Crippen LogP contribution in [0.15, 0.2) is 109 Å². The summed E-state index contributed by atoms with van der Waals surface area (Å²) in [5, 5.41) is 0. The van der Waals surface area contributed by atoms with E-state index in [4.69, 9.17) is 0 Å². The van der Waals surface area contributed by atoms with Crippen molar-refractivity contribution in [1.82, 2.24) is 0 Å². The Bertz CT molecular complexity index is 1120. The average molecular weight is 494 g/mol. The quantitative estimate of drug-likeness (QED) is 0.209. The van der Waals surface area contributed by atoms with Crippen LogP contribution in [0.2, 0.25) is 0 Å². The summed E-state index contributed by atoms with van der Waals surface area (Å²) in [4.78, 5) is 0. The molecule has 2 aromatic carbocycles. The Balaban J connectivity index is 0.00000112. The van der Waals surface area contributed by atoms with Gasteiger partial charge in [0.1, 0.15) is 0 Å². The zero-order valence-corrected chi connectivity index (χ0v) is 18.2. The van der Waals surface area contributed by atoms with Crippen LogP contribution >= 0.6 is 0 Å².